The second-order valence-corrected chi connectivity index (χ2v) is 23.7. The Balaban J connectivity index is 0.00000560. The average Bonchev–Trinajstić information content (AvgIpc) is 4.03. The lowest BCUT2D eigenvalue weighted by molar-refractivity contribution is -0.144. The zero-order valence-electron chi connectivity index (χ0n) is 46.9. The lowest BCUT2D eigenvalue weighted by Gasteiger charge is -2.36. The second-order valence-electron chi connectivity index (χ2n) is 23.7. The molecule has 4 aliphatic rings. The highest BCUT2D eigenvalue weighted by Crippen LogP contribution is 2.39. The highest BCUT2D eigenvalue weighted by Gasteiger charge is 2.49. The summed E-state index contributed by atoms with van der Waals surface area (Å²) in [5.74, 6) is -4.74. The third-order valence-electron chi connectivity index (χ3n) is 16.1. The van der Waals surface area contributed by atoms with Crippen LogP contribution < -0.4 is 42.5 Å². The number of ketones is 1. The molecule has 426 valence electrons. The number of carbonyl (C=O) groups excluding carboxylic acids is 8. The first-order valence-corrected chi connectivity index (χ1v) is 27.3. The van der Waals surface area contributed by atoms with E-state index in [0.29, 0.717) is 0 Å². The molecule has 17 nitrogen and oxygen atoms in total. The molecule has 3 aliphatic carbocycles. The number of hydrogen-bond acceptors (Lipinski definition) is 10. The number of nitrogens with one attached hydrogen (secondary N) is 8. The summed E-state index contributed by atoms with van der Waals surface area (Å²) in [6.45, 7) is 14.5. The Kier molecular flexibility index (Phi) is 21.7. The molecule has 3 aromatic carbocycles. The van der Waals surface area contributed by atoms with Gasteiger partial charge in [-0.3, -0.25) is 38.4 Å². The molecular formula is C59H83Cl2N9O8. The molecule has 11 atom stereocenters. The van der Waals surface area contributed by atoms with E-state index in [-0.39, 0.29) is 103 Å². The third-order valence-corrected chi connectivity index (χ3v) is 16.1. The van der Waals surface area contributed by atoms with Gasteiger partial charge in [0.2, 0.25) is 29.5 Å². The molecule has 7 amide bonds. The van der Waals surface area contributed by atoms with Crippen LogP contribution in [0, 0.1) is 22.7 Å². The number of hydrogen-bond donors (Lipinski definition) is 8. The monoisotopic (exact) mass is 1120 g/mol. The summed E-state index contributed by atoms with van der Waals surface area (Å²) in [6.07, 6.45) is 5.51. The quantitative estimate of drug-likeness (QED) is 0.0835. The molecule has 0 bridgehead atoms. The fraction of sp³-hybridized carbons (Fsp3) is 0.559. The van der Waals surface area contributed by atoms with Crippen molar-refractivity contribution in [3.63, 3.8) is 0 Å². The second kappa shape index (κ2) is 26.9. The maximum Gasteiger partial charge on any atom is 0.251 e. The van der Waals surface area contributed by atoms with Gasteiger partial charge in [-0.15, -0.1) is 24.8 Å². The van der Waals surface area contributed by atoms with Gasteiger partial charge in [-0.05, 0) is 137 Å². The predicted octanol–water partition coefficient (Wildman–Crippen LogP) is 5.59. The van der Waals surface area contributed by atoms with E-state index >= 15 is 0 Å². The summed E-state index contributed by atoms with van der Waals surface area (Å²) in [5.41, 5.74) is 3.33. The minimum absolute atomic E-state index is 0. The first kappa shape index (κ1) is 63.0. The zero-order chi connectivity index (χ0) is 55.2. The smallest absolute Gasteiger partial charge is 0.251 e. The van der Waals surface area contributed by atoms with E-state index in [9.17, 15) is 38.4 Å². The van der Waals surface area contributed by atoms with Crippen LogP contribution in [0.2, 0.25) is 0 Å². The average molecular weight is 1120 g/mol. The molecule has 1 saturated heterocycles. The van der Waals surface area contributed by atoms with Gasteiger partial charge in [0.1, 0.15) is 12.1 Å². The number of carbonyl (C=O) groups is 8. The van der Waals surface area contributed by atoms with E-state index in [0.717, 1.165) is 55.2 Å². The normalized spacial score (nSPS) is 23.2. The van der Waals surface area contributed by atoms with Crippen molar-refractivity contribution in [2.45, 2.75) is 168 Å². The van der Waals surface area contributed by atoms with E-state index in [2.05, 4.69) is 54.7 Å². The van der Waals surface area contributed by atoms with E-state index in [1.165, 1.54) is 16.5 Å². The number of likely N-dealkylation sites (tertiary alicyclic amines) is 1. The maximum atomic E-state index is 14.8. The fourth-order valence-electron chi connectivity index (χ4n) is 11.4. The predicted molar refractivity (Wildman–Crippen MR) is 305 cm³/mol. The summed E-state index contributed by atoms with van der Waals surface area (Å²) in [4.78, 5) is 115. The summed E-state index contributed by atoms with van der Waals surface area (Å²) in [7, 11) is 3.32. The molecule has 0 aromatic heterocycles. The van der Waals surface area contributed by atoms with Crippen molar-refractivity contribution in [3.05, 3.63) is 106 Å². The van der Waals surface area contributed by atoms with Crippen molar-refractivity contribution >= 4 is 71.9 Å². The number of aryl methyl sites for hydroxylation is 2. The van der Waals surface area contributed by atoms with Crippen LogP contribution in [0.3, 0.4) is 0 Å². The van der Waals surface area contributed by atoms with Gasteiger partial charge < -0.3 is 47.4 Å². The van der Waals surface area contributed by atoms with Crippen molar-refractivity contribution in [3.8, 4) is 0 Å². The molecule has 3 aromatic rings. The van der Waals surface area contributed by atoms with Gasteiger partial charge in [-0.1, -0.05) is 96.1 Å². The number of fused-ring (bicyclic) bond motifs is 2. The van der Waals surface area contributed by atoms with Crippen molar-refractivity contribution in [2.75, 3.05) is 20.6 Å². The number of benzene rings is 3. The van der Waals surface area contributed by atoms with Crippen LogP contribution in [0.15, 0.2) is 72.8 Å². The first-order chi connectivity index (χ1) is 36.0. The lowest BCUT2D eigenvalue weighted by atomic mass is 9.77. The zero-order valence-corrected chi connectivity index (χ0v) is 48.5. The van der Waals surface area contributed by atoms with Crippen LogP contribution in [0.5, 0.6) is 0 Å². The lowest BCUT2D eigenvalue weighted by Crippen LogP contribution is -2.59. The van der Waals surface area contributed by atoms with Crippen LogP contribution in [-0.4, -0.2) is 115 Å². The molecule has 78 heavy (non-hydrogen) atoms. The molecule has 0 spiro atoms. The summed E-state index contributed by atoms with van der Waals surface area (Å²) >= 11 is 0. The molecule has 8 N–H and O–H groups in total. The number of rotatable bonds is 17. The van der Waals surface area contributed by atoms with E-state index < -0.39 is 82.7 Å². The van der Waals surface area contributed by atoms with Crippen LogP contribution >= 0.6 is 24.8 Å². The van der Waals surface area contributed by atoms with E-state index in [4.69, 9.17) is 0 Å². The fourth-order valence-corrected chi connectivity index (χ4v) is 11.4. The van der Waals surface area contributed by atoms with Gasteiger partial charge in [0.05, 0.1) is 30.2 Å². The van der Waals surface area contributed by atoms with Crippen molar-refractivity contribution < 1.29 is 38.4 Å². The number of likely N-dealkylation sites (N-methyl/N-ethyl adjacent to an activating group) is 2. The Hall–Kier alpha value is -5.88. The Morgan fingerprint density at radius 2 is 1.01 bits per heavy atom. The Morgan fingerprint density at radius 1 is 0.551 bits per heavy atom. The van der Waals surface area contributed by atoms with Crippen molar-refractivity contribution in [2.24, 2.45) is 22.7 Å². The molecule has 0 radical (unpaired) electrons. The molecule has 7 rings (SSSR count). The molecule has 1 heterocycles. The van der Waals surface area contributed by atoms with Crippen LogP contribution in [0.25, 0.3) is 0 Å². The molecule has 1 saturated carbocycles. The number of nitrogens with zero attached hydrogens (tertiary/aromatic N) is 1. The van der Waals surface area contributed by atoms with Gasteiger partial charge in [0, 0.05) is 41.6 Å². The topological polar surface area (TPSA) is 236 Å². The molecule has 2 fully saturated rings. The molecule has 4 unspecified atom stereocenters. The summed E-state index contributed by atoms with van der Waals surface area (Å²) in [5, 5.41) is 24.3. The SMILES string of the molecule is CN[C@@H](C)C(=O)NC(C(=O)C1C[C@@H](NC(=O)c2cccc(C(=O)N[C@H]3CC(C(=O)N[C@@H]4CCCc5ccccc54)N(C(=O)[C@@H](NC(=O)[C@H](C)NC)C(C)(C)C)C3)c2)CC1C(=O)N[C@@H]1CCCc2ccccc21)C(C)(C)C.Cl.Cl. The largest absolute Gasteiger partial charge is 0.349 e. The number of Topliss-reactive ketones (excluding diaryl/α,β-unsaturated/α-hetero) is 1. The maximum absolute atomic E-state index is 14.8. The Morgan fingerprint density at radius 3 is 1.51 bits per heavy atom. The van der Waals surface area contributed by atoms with Gasteiger partial charge in [-0.25, -0.2) is 0 Å². The highest BCUT2D eigenvalue weighted by atomic mass is 35.5. The Labute approximate surface area is 472 Å². The van der Waals surface area contributed by atoms with Gasteiger partial charge in [0.15, 0.2) is 5.78 Å². The Bertz CT molecular complexity index is 2500. The number of amides is 7. The van der Waals surface area contributed by atoms with E-state index in [1.807, 2.05) is 77.9 Å². The molecule has 19 heteroatoms. The van der Waals surface area contributed by atoms with Crippen molar-refractivity contribution in [1.29, 1.82) is 0 Å². The van der Waals surface area contributed by atoms with Gasteiger partial charge >= 0.3 is 0 Å². The molecule has 1 aliphatic heterocycles. The molecular weight excluding hydrogens is 1030 g/mol. The first-order valence-electron chi connectivity index (χ1n) is 27.3. The van der Waals surface area contributed by atoms with Gasteiger partial charge in [-0.2, -0.15) is 0 Å². The van der Waals surface area contributed by atoms with Crippen molar-refractivity contribution in [1.82, 2.24) is 47.4 Å². The minimum atomic E-state index is -0.994. The summed E-state index contributed by atoms with van der Waals surface area (Å²) < 4.78 is 0. The van der Waals surface area contributed by atoms with Crippen LogP contribution in [-0.2, 0) is 41.6 Å². The van der Waals surface area contributed by atoms with Crippen LogP contribution in [0.1, 0.15) is 155 Å². The number of halogens is 2. The third kappa shape index (κ3) is 14.9. The summed E-state index contributed by atoms with van der Waals surface area (Å²) in [6, 6.07) is 16.5. The highest BCUT2D eigenvalue weighted by molar-refractivity contribution is 6.01. The van der Waals surface area contributed by atoms with Gasteiger partial charge in [0.25, 0.3) is 11.8 Å². The van der Waals surface area contributed by atoms with Crippen LogP contribution in [0.4, 0.5) is 0 Å². The standard InChI is InChI=1S/C59H81N9O8.2ClH/c1-33(60-9)51(70)66-49(58(3,4)5)48(69)43-29-39(30-44(43)55(74)64-45-26-16-20-35-18-11-13-24-41(35)45)62-53(72)37-22-15-23-38(28-37)54(73)63-40-31-47(56(75)65-46-27-17-21-36-19-12-14-25-42(36)46)68(32-40)57(76)50(59(6,7)8)67-52(71)34(2)61-10;;/h11-15,18-19,22-25,28,33-34,39-40,43-47,49-50,60-61H,16-17,20-21,26-27,29-32H2,1-10H3,(H,62,72)(H,63,73)(H,64,74)(H,65,75)(H,66,70)(H,67,71);2*1H/t33-,34-,39+,40-,43?,44?,45+,46+,47?,49?,50+;;/m0../s1. The van der Waals surface area contributed by atoms with E-state index in [1.54, 1.807) is 46.1 Å². The minimum Gasteiger partial charge on any atom is -0.349 e.